The van der Waals surface area contributed by atoms with Crippen molar-refractivity contribution in [2.24, 2.45) is 17.6 Å². The van der Waals surface area contributed by atoms with Gasteiger partial charge in [-0.05, 0) is 35.4 Å². The van der Waals surface area contributed by atoms with Crippen LogP contribution in [0.5, 0.6) is 0 Å². The number of hydrogen-bond donors (Lipinski definition) is 2. The molecule has 1 saturated carbocycles. The van der Waals surface area contributed by atoms with Crippen LogP contribution in [0.25, 0.3) is 0 Å². The molecule has 0 saturated heterocycles. The van der Waals surface area contributed by atoms with E-state index in [2.05, 4.69) is 18.3 Å². The van der Waals surface area contributed by atoms with E-state index in [1.807, 2.05) is 12.1 Å². The highest BCUT2D eigenvalue weighted by Crippen LogP contribution is 2.46. The number of benzene rings is 1. The lowest BCUT2D eigenvalue weighted by atomic mass is 9.99. The fraction of sp³-hybridized carbons (Fsp3) is 0.462. The van der Waals surface area contributed by atoms with E-state index in [0.717, 1.165) is 17.2 Å². The second kappa shape index (κ2) is 3.32. The fourth-order valence-electron chi connectivity index (χ4n) is 2.56. The molecule has 1 fully saturated rings. The van der Waals surface area contributed by atoms with Gasteiger partial charge in [0.05, 0.1) is 6.42 Å². The predicted molar refractivity (Wildman–Crippen MR) is 63.0 cm³/mol. The van der Waals surface area contributed by atoms with Crippen LogP contribution in [0.1, 0.15) is 30.5 Å². The molecule has 3 N–H and O–H groups in total. The first-order valence-electron chi connectivity index (χ1n) is 5.83. The normalized spacial score (nSPS) is 28.5. The molecule has 0 spiro atoms. The van der Waals surface area contributed by atoms with Crippen molar-refractivity contribution in [2.75, 3.05) is 5.32 Å². The van der Waals surface area contributed by atoms with Crippen LogP contribution in [0.2, 0.25) is 0 Å². The molecule has 0 bridgehead atoms. The Hall–Kier alpha value is -1.35. The average molecular weight is 216 g/mol. The molecule has 1 heterocycles. The molecule has 84 valence electrons. The summed E-state index contributed by atoms with van der Waals surface area (Å²) in [5.74, 6) is 1.46. The van der Waals surface area contributed by atoms with E-state index in [9.17, 15) is 4.79 Å². The summed E-state index contributed by atoms with van der Waals surface area (Å²) in [7, 11) is 0. The molecule has 3 unspecified atom stereocenters. The van der Waals surface area contributed by atoms with Crippen molar-refractivity contribution in [2.45, 2.75) is 25.8 Å². The largest absolute Gasteiger partial charge is 0.326 e. The molecule has 1 aromatic carbocycles. The van der Waals surface area contributed by atoms with E-state index in [-0.39, 0.29) is 11.9 Å². The van der Waals surface area contributed by atoms with Crippen LogP contribution in [-0.2, 0) is 11.2 Å². The minimum absolute atomic E-state index is 0.0838. The number of amides is 1. The SMILES string of the molecule is CC1CC1C(N)c1ccc2c(c1)CC(=O)N2. The maximum absolute atomic E-state index is 11.2. The minimum atomic E-state index is 0.0838. The average Bonchev–Trinajstić information content (AvgIpc) is 2.85. The molecule has 1 aliphatic carbocycles. The Morgan fingerprint density at radius 3 is 2.94 bits per heavy atom. The molecular weight excluding hydrogens is 200 g/mol. The van der Waals surface area contributed by atoms with Crippen molar-refractivity contribution in [1.82, 2.24) is 0 Å². The smallest absolute Gasteiger partial charge is 0.228 e. The summed E-state index contributed by atoms with van der Waals surface area (Å²) >= 11 is 0. The van der Waals surface area contributed by atoms with Gasteiger partial charge in [0.25, 0.3) is 0 Å². The first-order valence-corrected chi connectivity index (χ1v) is 5.83. The number of fused-ring (bicyclic) bond motifs is 1. The molecule has 1 amide bonds. The maximum Gasteiger partial charge on any atom is 0.228 e. The maximum atomic E-state index is 11.2. The van der Waals surface area contributed by atoms with Crippen LogP contribution in [0.4, 0.5) is 5.69 Å². The highest BCUT2D eigenvalue weighted by Gasteiger charge is 2.38. The highest BCUT2D eigenvalue weighted by molar-refractivity contribution is 5.99. The Bertz CT molecular complexity index is 455. The lowest BCUT2D eigenvalue weighted by Gasteiger charge is -2.12. The summed E-state index contributed by atoms with van der Waals surface area (Å²) in [4.78, 5) is 11.2. The van der Waals surface area contributed by atoms with Gasteiger partial charge in [0.1, 0.15) is 0 Å². The van der Waals surface area contributed by atoms with E-state index in [0.29, 0.717) is 12.3 Å². The lowest BCUT2D eigenvalue weighted by molar-refractivity contribution is -0.115. The Labute approximate surface area is 95.0 Å². The van der Waals surface area contributed by atoms with E-state index < -0.39 is 0 Å². The van der Waals surface area contributed by atoms with Crippen molar-refractivity contribution >= 4 is 11.6 Å². The van der Waals surface area contributed by atoms with E-state index in [1.165, 1.54) is 12.0 Å². The molecular formula is C13H16N2O. The van der Waals surface area contributed by atoms with Crippen LogP contribution in [-0.4, -0.2) is 5.91 Å². The van der Waals surface area contributed by atoms with Gasteiger partial charge >= 0.3 is 0 Å². The summed E-state index contributed by atoms with van der Waals surface area (Å²) in [6, 6.07) is 6.24. The van der Waals surface area contributed by atoms with Gasteiger partial charge in [-0.15, -0.1) is 0 Å². The summed E-state index contributed by atoms with van der Waals surface area (Å²) in [5, 5.41) is 2.84. The van der Waals surface area contributed by atoms with Gasteiger partial charge in [-0.25, -0.2) is 0 Å². The molecule has 3 nitrogen and oxygen atoms in total. The van der Waals surface area contributed by atoms with Crippen LogP contribution >= 0.6 is 0 Å². The third kappa shape index (κ3) is 1.52. The van der Waals surface area contributed by atoms with E-state index >= 15 is 0 Å². The summed E-state index contributed by atoms with van der Waals surface area (Å²) in [5.41, 5.74) is 9.42. The van der Waals surface area contributed by atoms with Crippen molar-refractivity contribution in [3.8, 4) is 0 Å². The highest BCUT2D eigenvalue weighted by atomic mass is 16.1. The van der Waals surface area contributed by atoms with Crippen molar-refractivity contribution < 1.29 is 4.79 Å². The number of rotatable bonds is 2. The van der Waals surface area contributed by atoms with Crippen molar-refractivity contribution in [3.63, 3.8) is 0 Å². The quantitative estimate of drug-likeness (QED) is 0.792. The number of carbonyl (C=O) groups is 1. The minimum Gasteiger partial charge on any atom is -0.326 e. The topological polar surface area (TPSA) is 55.1 Å². The Balaban J connectivity index is 1.87. The summed E-state index contributed by atoms with van der Waals surface area (Å²) in [6.07, 6.45) is 1.73. The van der Waals surface area contributed by atoms with Crippen LogP contribution < -0.4 is 11.1 Å². The lowest BCUT2D eigenvalue weighted by Crippen LogP contribution is -2.13. The second-order valence-electron chi connectivity index (χ2n) is 5.04. The van der Waals surface area contributed by atoms with Gasteiger partial charge in [0.2, 0.25) is 5.91 Å². The standard InChI is InChI=1S/C13H16N2O/c1-7-4-10(7)13(14)8-2-3-11-9(5-8)6-12(16)15-11/h2-3,5,7,10,13H,4,6,14H2,1H3,(H,15,16). The van der Waals surface area contributed by atoms with Crippen molar-refractivity contribution in [3.05, 3.63) is 29.3 Å². The third-order valence-electron chi connectivity index (χ3n) is 3.77. The molecule has 3 rings (SSSR count). The van der Waals surface area contributed by atoms with Gasteiger partial charge in [-0.3, -0.25) is 4.79 Å². The summed E-state index contributed by atoms with van der Waals surface area (Å²) in [6.45, 7) is 2.24. The van der Waals surface area contributed by atoms with Crippen LogP contribution in [0.3, 0.4) is 0 Å². The Morgan fingerprint density at radius 2 is 2.25 bits per heavy atom. The van der Waals surface area contributed by atoms with Gasteiger partial charge in [-0.1, -0.05) is 19.1 Å². The molecule has 3 atom stereocenters. The molecule has 1 aliphatic heterocycles. The van der Waals surface area contributed by atoms with Gasteiger partial charge in [0.15, 0.2) is 0 Å². The number of nitrogens with two attached hydrogens (primary N) is 1. The molecule has 2 aliphatic rings. The number of nitrogens with one attached hydrogen (secondary N) is 1. The number of carbonyl (C=O) groups excluding carboxylic acids is 1. The third-order valence-corrected chi connectivity index (χ3v) is 3.77. The fourth-order valence-corrected chi connectivity index (χ4v) is 2.56. The van der Waals surface area contributed by atoms with E-state index in [4.69, 9.17) is 5.73 Å². The van der Waals surface area contributed by atoms with Gasteiger partial charge < -0.3 is 11.1 Å². The molecule has 0 radical (unpaired) electrons. The van der Waals surface area contributed by atoms with Crippen LogP contribution in [0, 0.1) is 11.8 Å². The monoisotopic (exact) mass is 216 g/mol. The van der Waals surface area contributed by atoms with Crippen molar-refractivity contribution in [1.29, 1.82) is 0 Å². The zero-order chi connectivity index (χ0) is 11.3. The predicted octanol–water partition coefficient (Wildman–Crippen LogP) is 1.84. The van der Waals surface area contributed by atoms with Crippen LogP contribution in [0.15, 0.2) is 18.2 Å². The number of anilines is 1. The summed E-state index contributed by atoms with van der Waals surface area (Å²) < 4.78 is 0. The molecule has 3 heteroatoms. The zero-order valence-corrected chi connectivity index (χ0v) is 9.36. The molecule has 0 aromatic heterocycles. The Kier molecular flexibility index (Phi) is 2.04. The van der Waals surface area contributed by atoms with Gasteiger partial charge in [0, 0.05) is 11.7 Å². The second-order valence-corrected chi connectivity index (χ2v) is 5.04. The first-order chi connectivity index (χ1) is 7.65. The Morgan fingerprint density at radius 1 is 1.50 bits per heavy atom. The zero-order valence-electron chi connectivity index (χ0n) is 9.36. The first kappa shape index (κ1) is 9.85. The van der Waals surface area contributed by atoms with Gasteiger partial charge in [-0.2, -0.15) is 0 Å². The molecule has 16 heavy (non-hydrogen) atoms. The molecule has 1 aromatic rings. The van der Waals surface area contributed by atoms with E-state index in [1.54, 1.807) is 0 Å². The number of hydrogen-bond acceptors (Lipinski definition) is 2.